The van der Waals surface area contributed by atoms with E-state index < -0.39 is 0 Å². The number of para-hydroxylation sites is 1. The number of benzene rings is 2. The van der Waals surface area contributed by atoms with Crippen LogP contribution in [0.3, 0.4) is 0 Å². The summed E-state index contributed by atoms with van der Waals surface area (Å²) in [6.45, 7) is 2.24. The number of fused-ring (bicyclic) bond motifs is 1. The van der Waals surface area contributed by atoms with Crippen molar-refractivity contribution >= 4 is 28.6 Å². The Morgan fingerprint density at radius 3 is 2.61 bits per heavy atom. The molecule has 2 atom stereocenters. The van der Waals surface area contributed by atoms with Gasteiger partial charge in [-0.2, -0.15) is 0 Å². The summed E-state index contributed by atoms with van der Waals surface area (Å²) in [5.41, 5.74) is 1.88. The van der Waals surface area contributed by atoms with Crippen molar-refractivity contribution in [2.45, 2.75) is 43.7 Å². The first-order valence-corrected chi connectivity index (χ1v) is 10.9. The number of carbonyl (C=O) groups is 1. The van der Waals surface area contributed by atoms with Crippen molar-refractivity contribution in [3.05, 3.63) is 54.6 Å². The van der Waals surface area contributed by atoms with Crippen LogP contribution in [0, 0.1) is 5.92 Å². The predicted molar refractivity (Wildman–Crippen MR) is 115 cm³/mol. The molecule has 28 heavy (non-hydrogen) atoms. The van der Waals surface area contributed by atoms with Gasteiger partial charge in [-0.1, -0.05) is 80.1 Å². The molecule has 0 radical (unpaired) electrons. The third-order valence-electron chi connectivity index (χ3n) is 5.40. The van der Waals surface area contributed by atoms with Crippen LogP contribution in [0.15, 0.2) is 59.6 Å². The lowest BCUT2D eigenvalue weighted by atomic mass is 9.86. The fraction of sp³-hybridized carbons (Fsp3) is 0.348. The van der Waals surface area contributed by atoms with Crippen LogP contribution in [-0.2, 0) is 4.79 Å². The minimum atomic E-state index is 0.0905. The second kappa shape index (κ2) is 8.74. The van der Waals surface area contributed by atoms with Gasteiger partial charge in [0.05, 0.1) is 11.3 Å². The van der Waals surface area contributed by atoms with E-state index in [1.807, 2.05) is 54.6 Å². The summed E-state index contributed by atoms with van der Waals surface area (Å²) in [6, 6.07) is 18.3. The lowest BCUT2D eigenvalue weighted by Gasteiger charge is -2.29. The molecule has 4 rings (SSSR count). The van der Waals surface area contributed by atoms with Crippen molar-refractivity contribution in [3.63, 3.8) is 0 Å². The molecule has 1 aromatic heterocycles. The Hall–Kier alpha value is -2.40. The van der Waals surface area contributed by atoms with E-state index in [0.29, 0.717) is 23.5 Å². The first-order chi connectivity index (χ1) is 13.7. The molecule has 2 aromatic carbocycles. The third kappa shape index (κ3) is 4.36. The molecule has 2 unspecified atom stereocenters. The zero-order chi connectivity index (χ0) is 19.3. The molecule has 0 aliphatic heterocycles. The fourth-order valence-corrected chi connectivity index (χ4v) is 4.62. The van der Waals surface area contributed by atoms with Crippen LogP contribution in [0.2, 0.25) is 0 Å². The molecule has 1 saturated carbocycles. The van der Waals surface area contributed by atoms with E-state index in [2.05, 4.69) is 12.2 Å². The highest BCUT2D eigenvalue weighted by molar-refractivity contribution is 8.00. The Labute approximate surface area is 170 Å². The second-order valence-electron chi connectivity index (χ2n) is 7.46. The van der Waals surface area contributed by atoms with E-state index in [0.717, 1.165) is 27.9 Å². The van der Waals surface area contributed by atoms with Crippen LogP contribution >= 0.6 is 11.8 Å². The summed E-state index contributed by atoms with van der Waals surface area (Å²) in [5.74, 6) is 1.72. The molecule has 0 saturated heterocycles. The Balaban J connectivity index is 1.53. The smallest absolute Gasteiger partial charge is 0.230 e. The Bertz CT molecular complexity index is 960. The SMILES string of the molecule is CC1CCCCC1NC(=O)CSc1nc(-c2ccccc2)nc2ccccc12. The van der Waals surface area contributed by atoms with Crippen molar-refractivity contribution in [1.29, 1.82) is 0 Å². The fourth-order valence-electron chi connectivity index (χ4n) is 3.79. The molecule has 0 spiro atoms. The number of hydrogen-bond acceptors (Lipinski definition) is 4. The number of amides is 1. The third-order valence-corrected chi connectivity index (χ3v) is 6.39. The summed E-state index contributed by atoms with van der Waals surface area (Å²) in [5, 5.41) is 5.08. The van der Waals surface area contributed by atoms with Gasteiger partial charge in [0.15, 0.2) is 5.82 Å². The minimum absolute atomic E-state index is 0.0905. The van der Waals surface area contributed by atoms with E-state index >= 15 is 0 Å². The van der Waals surface area contributed by atoms with E-state index in [1.54, 1.807) is 0 Å². The number of hydrogen-bond donors (Lipinski definition) is 1. The zero-order valence-electron chi connectivity index (χ0n) is 16.1. The Kier molecular flexibility index (Phi) is 5.91. The number of aromatic nitrogens is 2. The summed E-state index contributed by atoms with van der Waals surface area (Å²) >= 11 is 1.49. The van der Waals surface area contributed by atoms with Crippen LogP contribution in [-0.4, -0.2) is 27.7 Å². The Morgan fingerprint density at radius 1 is 1.04 bits per heavy atom. The number of rotatable bonds is 5. The maximum absolute atomic E-state index is 12.5. The lowest BCUT2D eigenvalue weighted by Crippen LogP contribution is -2.41. The average molecular weight is 392 g/mol. The van der Waals surface area contributed by atoms with Crippen molar-refractivity contribution in [2.75, 3.05) is 5.75 Å². The van der Waals surface area contributed by atoms with E-state index in [9.17, 15) is 4.79 Å². The van der Waals surface area contributed by atoms with Crippen LogP contribution in [0.25, 0.3) is 22.3 Å². The first-order valence-electron chi connectivity index (χ1n) is 9.95. The molecular formula is C23H25N3OS. The molecule has 1 N–H and O–H groups in total. The summed E-state index contributed by atoms with van der Waals surface area (Å²) < 4.78 is 0. The predicted octanol–water partition coefficient (Wildman–Crippen LogP) is 5.08. The molecule has 1 aliphatic carbocycles. The van der Waals surface area contributed by atoms with Crippen molar-refractivity contribution in [1.82, 2.24) is 15.3 Å². The van der Waals surface area contributed by atoms with Crippen LogP contribution in [0.5, 0.6) is 0 Å². The van der Waals surface area contributed by atoms with Gasteiger partial charge in [0, 0.05) is 17.0 Å². The summed E-state index contributed by atoms with van der Waals surface area (Å²) in [4.78, 5) is 22.0. The average Bonchev–Trinajstić information content (AvgIpc) is 2.74. The standard InChI is InChI=1S/C23H25N3OS/c1-16-9-5-7-13-19(16)24-21(27)15-28-23-18-12-6-8-14-20(18)25-22(26-23)17-10-3-2-4-11-17/h2-4,6,8,10-12,14,16,19H,5,7,9,13,15H2,1H3,(H,24,27). The molecule has 1 aliphatic rings. The maximum atomic E-state index is 12.5. The highest BCUT2D eigenvalue weighted by Gasteiger charge is 2.23. The van der Waals surface area contributed by atoms with Crippen molar-refractivity contribution < 1.29 is 4.79 Å². The minimum Gasteiger partial charge on any atom is -0.352 e. The quantitative estimate of drug-likeness (QED) is 0.486. The number of nitrogens with zero attached hydrogens (tertiary/aromatic N) is 2. The van der Waals surface area contributed by atoms with Gasteiger partial charge in [-0.25, -0.2) is 9.97 Å². The van der Waals surface area contributed by atoms with Gasteiger partial charge >= 0.3 is 0 Å². The molecule has 144 valence electrons. The van der Waals surface area contributed by atoms with Gasteiger partial charge in [0.1, 0.15) is 5.03 Å². The van der Waals surface area contributed by atoms with Crippen molar-refractivity contribution in [3.8, 4) is 11.4 Å². The van der Waals surface area contributed by atoms with E-state index in [1.165, 1.54) is 31.0 Å². The number of thioether (sulfide) groups is 1. The van der Waals surface area contributed by atoms with Crippen LogP contribution < -0.4 is 5.32 Å². The summed E-state index contributed by atoms with van der Waals surface area (Å²) in [6.07, 6.45) is 4.78. The first kappa shape index (κ1) is 18.9. The zero-order valence-corrected chi connectivity index (χ0v) is 16.9. The van der Waals surface area contributed by atoms with Gasteiger partial charge in [0.25, 0.3) is 0 Å². The van der Waals surface area contributed by atoms with Crippen LogP contribution in [0.1, 0.15) is 32.6 Å². The highest BCUT2D eigenvalue weighted by atomic mass is 32.2. The lowest BCUT2D eigenvalue weighted by molar-refractivity contribution is -0.119. The molecule has 4 nitrogen and oxygen atoms in total. The van der Waals surface area contributed by atoms with Gasteiger partial charge in [-0.3, -0.25) is 4.79 Å². The topological polar surface area (TPSA) is 54.9 Å². The molecule has 1 heterocycles. The monoisotopic (exact) mass is 391 g/mol. The molecule has 1 fully saturated rings. The second-order valence-corrected chi connectivity index (χ2v) is 8.42. The highest BCUT2D eigenvalue weighted by Crippen LogP contribution is 2.29. The molecule has 1 amide bonds. The Morgan fingerprint density at radius 2 is 1.79 bits per heavy atom. The van der Waals surface area contributed by atoms with Crippen LogP contribution in [0.4, 0.5) is 0 Å². The molecular weight excluding hydrogens is 366 g/mol. The van der Waals surface area contributed by atoms with Gasteiger partial charge in [-0.05, 0) is 24.8 Å². The largest absolute Gasteiger partial charge is 0.352 e. The maximum Gasteiger partial charge on any atom is 0.230 e. The van der Waals surface area contributed by atoms with E-state index in [4.69, 9.17) is 9.97 Å². The van der Waals surface area contributed by atoms with Gasteiger partial charge in [-0.15, -0.1) is 0 Å². The summed E-state index contributed by atoms with van der Waals surface area (Å²) in [7, 11) is 0. The molecule has 3 aromatic rings. The van der Waals surface area contributed by atoms with Crippen molar-refractivity contribution in [2.24, 2.45) is 5.92 Å². The molecule has 0 bridgehead atoms. The number of nitrogens with one attached hydrogen (secondary N) is 1. The molecule has 5 heteroatoms. The van der Waals surface area contributed by atoms with Gasteiger partial charge in [0.2, 0.25) is 5.91 Å². The van der Waals surface area contributed by atoms with Gasteiger partial charge < -0.3 is 5.32 Å². The number of carbonyl (C=O) groups excluding carboxylic acids is 1. The normalized spacial score (nSPS) is 19.5. The van der Waals surface area contributed by atoms with E-state index in [-0.39, 0.29) is 5.91 Å².